The van der Waals surface area contributed by atoms with E-state index in [1.807, 2.05) is 54.6 Å². The van der Waals surface area contributed by atoms with Crippen molar-refractivity contribution >= 4 is 31.9 Å². The summed E-state index contributed by atoms with van der Waals surface area (Å²) in [5, 5.41) is 0. The first-order valence-electron chi connectivity index (χ1n) is 8.88. The summed E-state index contributed by atoms with van der Waals surface area (Å²) in [4.78, 5) is 13.1. The van der Waals surface area contributed by atoms with Gasteiger partial charge in [-0.1, -0.05) is 70.5 Å². The molecule has 0 bridgehead atoms. The van der Waals surface area contributed by atoms with Gasteiger partial charge in [-0.3, -0.25) is 4.79 Å². The van der Waals surface area contributed by atoms with Gasteiger partial charge in [-0.15, -0.1) is 0 Å². The van der Waals surface area contributed by atoms with Crippen LogP contribution < -0.4 is 4.72 Å². The van der Waals surface area contributed by atoms with Crippen LogP contribution in [0.1, 0.15) is 17.5 Å². The van der Waals surface area contributed by atoms with Gasteiger partial charge in [0.15, 0.2) is 0 Å². The second-order valence-electron chi connectivity index (χ2n) is 7.08. The zero-order chi connectivity index (χ0) is 20.2. The minimum atomic E-state index is -3.38. The first-order valence-corrected chi connectivity index (χ1v) is 11.6. The molecule has 1 aliphatic carbocycles. The highest BCUT2D eigenvalue weighted by Crippen LogP contribution is 2.38. The van der Waals surface area contributed by atoms with Crippen molar-refractivity contribution in [3.05, 3.63) is 82.3 Å². The Hall–Kier alpha value is -1.96. The summed E-state index contributed by atoms with van der Waals surface area (Å²) < 4.78 is 32.3. The number of ether oxygens (including phenoxy) is 1. The third kappa shape index (κ3) is 5.53. The van der Waals surface area contributed by atoms with Crippen molar-refractivity contribution in [1.82, 2.24) is 4.72 Å². The highest BCUT2D eigenvalue weighted by Gasteiger charge is 2.43. The van der Waals surface area contributed by atoms with E-state index in [4.69, 9.17) is 4.74 Å². The quantitative estimate of drug-likeness (QED) is 0.502. The summed E-state index contributed by atoms with van der Waals surface area (Å²) in [6.07, 6.45) is 5.38. The fourth-order valence-electron chi connectivity index (χ4n) is 3.42. The molecule has 2 atom stereocenters. The largest absolute Gasteiger partial charge is 0.460 e. The van der Waals surface area contributed by atoms with Gasteiger partial charge in [-0.05, 0) is 36.1 Å². The lowest BCUT2D eigenvalue weighted by molar-refractivity contribution is -0.154. The third-order valence-corrected chi connectivity index (χ3v) is 5.85. The van der Waals surface area contributed by atoms with E-state index in [2.05, 4.69) is 20.7 Å². The van der Waals surface area contributed by atoms with Crippen LogP contribution in [0, 0.1) is 5.41 Å². The summed E-state index contributed by atoms with van der Waals surface area (Å²) >= 11 is 3.45. The van der Waals surface area contributed by atoms with Crippen LogP contribution in [0.15, 0.2) is 71.2 Å². The molecule has 0 unspecified atom stereocenters. The molecule has 5 nitrogen and oxygen atoms in total. The molecule has 0 aliphatic heterocycles. The first-order chi connectivity index (χ1) is 13.3. The highest BCUT2D eigenvalue weighted by atomic mass is 79.9. The van der Waals surface area contributed by atoms with Crippen LogP contribution in [0.5, 0.6) is 0 Å². The topological polar surface area (TPSA) is 72.5 Å². The number of sulfonamides is 1. The summed E-state index contributed by atoms with van der Waals surface area (Å²) in [7, 11) is -3.38. The molecule has 0 saturated heterocycles. The van der Waals surface area contributed by atoms with Gasteiger partial charge in [0.1, 0.15) is 6.61 Å². The van der Waals surface area contributed by atoms with Crippen molar-refractivity contribution in [3.63, 3.8) is 0 Å². The predicted molar refractivity (Wildman–Crippen MR) is 112 cm³/mol. The number of benzene rings is 2. The van der Waals surface area contributed by atoms with Crippen molar-refractivity contribution in [2.45, 2.75) is 25.5 Å². The van der Waals surface area contributed by atoms with E-state index < -0.39 is 21.5 Å². The lowest BCUT2D eigenvalue weighted by atomic mass is 9.80. The third-order valence-electron chi connectivity index (χ3n) is 4.63. The number of halogens is 1. The molecular weight excluding hydrogens is 442 g/mol. The molecule has 1 N–H and O–H groups in total. The minimum Gasteiger partial charge on any atom is -0.460 e. The normalized spacial score (nSPS) is 21.6. The molecule has 0 spiro atoms. The zero-order valence-electron chi connectivity index (χ0n) is 15.5. The molecule has 0 heterocycles. The number of hydrogen-bond donors (Lipinski definition) is 1. The maximum absolute atomic E-state index is 13.1. The van der Waals surface area contributed by atoms with Crippen LogP contribution in [0.25, 0.3) is 0 Å². The van der Waals surface area contributed by atoms with Gasteiger partial charge in [-0.2, -0.15) is 0 Å². The Morgan fingerprint density at radius 3 is 2.57 bits per heavy atom. The van der Waals surface area contributed by atoms with Gasteiger partial charge in [0.05, 0.1) is 11.7 Å². The molecule has 2 aromatic rings. The number of nitrogens with one attached hydrogen (secondary N) is 1. The molecule has 1 aliphatic rings. The number of carbonyl (C=O) groups is 1. The van der Waals surface area contributed by atoms with Crippen molar-refractivity contribution in [3.8, 4) is 0 Å². The van der Waals surface area contributed by atoms with Crippen LogP contribution in [-0.2, 0) is 32.6 Å². The van der Waals surface area contributed by atoms with E-state index in [1.165, 1.54) is 0 Å². The van der Waals surface area contributed by atoms with Gasteiger partial charge in [0.2, 0.25) is 10.0 Å². The van der Waals surface area contributed by atoms with Gasteiger partial charge in [-0.25, -0.2) is 13.1 Å². The minimum absolute atomic E-state index is 0.178. The molecule has 28 heavy (non-hydrogen) atoms. The van der Waals surface area contributed by atoms with Crippen LogP contribution >= 0.6 is 15.9 Å². The lowest BCUT2D eigenvalue weighted by Gasteiger charge is -2.27. The maximum Gasteiger partial charge on any atom is 0.316 e. The number of esters is 1. The van der Waals surface area contributed by atoms with Gasteiger partial charge >= 0.3 is 5.97 Å². The molecule has 0 radical (unpaired) electrons. The maximum atomic E-state index is 13.1. The molecule has 0 aromatic heterocycles. The molecule has 2 aromatic carbocycles. The molecule has 0 amide bonds. The smallest absolute Gasteiger partial charge is 0.316 e. The van der Waals surface area contributed by atoms with Crippen molar-refractivity contribution in [1.29, 1.82) is 0 Å². The Morgan fingerprint density at radius 1 is 1.18 bits per heavy atom. The number of carbonyl (C=O) groups excluding carboxylic acids is 1. The van der Waals surface area contributed by atoms with Crippen LogP contribution in [0.2, 0.25) is 0 Å². The lowest BCUT2D eigenvalue weighted by Crippen LogP contribution is -2.38. The summed E-state index contributed by atoms with van der Waals surface area (Å²) in [5.41, 5.74) is 0.953. The Bertz CT molecular complexity index is 975. The van der Waals surface area contributed by atoms with Crippen LogP contribution in [0.3, 0.4) is 0 Å². The Balaban J connectivity index is 1.80. The van der Waals surface area contributed by atoms with Crippen molar-refractivity contribution in [2.24, 2.45) is 5.41 Å². The fourth-order valence-corrected chi connectivity index (χ4v) is 4.58. The second kappa shape index (κ2) is 8.59. The highest BCUT2D eigenvalue weighted by molar-refractivity contribution is 9.10. The van der Waals surface area contributed by atoms with Crippen LogP contribution in [-0.4, -0.2) is 26.7 Å². The van der Waals surface area contributed by atoms with Crippen LogP contribution in [0.4, 0.5) is 0 Å². The monoisotopic (exact) mass is 463 g/mol. The molecule has 148 valence electrons. The fraction of sp³-hybridized carbons (Fsp3) is 0.286. The van der Waals surface area contributed by atoms with Gasteiger partial charge < -0.3 is 4.74 Å². The van der Waals surface area contributed by atoms with E-state index in [1.54, 1.807) is 12.2 Å². The number of hydrogen-bond acceptors (Lipinski definition) is 4. The van der Waals surface area contributed by atoms with E-state index in [-0.39, 0.29) is 12.6 Å². The van der Waals surface area contributed by atoms with E-state index in [0.717, 1.165) is 21.9 Å². The molecule has 7 heteroatoms. The SMILES string of the molecule is CS(=O)(=O)N[C@H]1C=C[C@](Cc2cccc(Br)c2)(C(=O)OCc2ccccc2)C1. The zero-order valence-corrected chi connectivity index (χ0v) is 17.9. The van der Waals surface area contributed by atoms with E-state index >= 15 is 0 Å². The summed E-state index contributed by atoms with van der Waals surface area (Å²) in [5.74, 6) is -0.356. The van der Waals surface area contributed by atoms with Gasteiger partial charge in [0, 0.05) is 10.5 Å². The van der Waals surface area contributed by atoms with E-state index in [0.29, 0.717) is 12.8 Å². The average Bonchev–Trinajstić information content (AvgIpc) is 3.02. The second-order valence-corrected chi connectivity index (χ2v) is 9.78. The molecule has 3 rings (SSSR count). The Kier molecular flexibility index (Phi) is 6.37. The van der Waals surface area contributed by atoms with Crippen molar-refractivity contribution < 1.29 is 17.9 Å². The van der Waals surface area contributed by atoms with Gasteiger partial charge in [0.25, 0.3) is 0 Å². The molecule has 0 saturated carbocycles. The summed E-state index contributed by atoms with van der Waals surface area (Å²) in [6.45, 7) is 0.178. The standard InChI is InChI=1S/C21H22BrNO4S/c1-28(25,26)23-19-10-11-21(14-19,13-17-8-5-9-18(22)12-17)20(24)27-15-16-6-3-2-4-7-16/h2-12,19,23H,13-15H2,1H3/t19-,21+/m0/s1. The van der Waals surface area contributed by atoms with E-state index in [9.17, 15) is 13.2 Å². The Labute approximate surface area is 174 Å². The van der Waals surface area contributed by atoms with Crippen molar-refractivity contribution in [2.75, 3.05) is 6.26 Å². The number of rotatable bonds is 7. The summed E-state index contributed by atoms with van der Waals surface area (Å²) in [6, 6.07) is 16.8. The first kappa shape index (κ1) is 20.8. The average molecular weight is 464 g/mol. The molecular formula is C21H22BrNO4S. The Morgan fingerprint density at radius 2 is 1.89 bits per heavy atom. The molecule has 0 fully saturated rings. The predicted octanol–water partition coefficient (Wildman–Crippen LogP) is 3.60.